The number of hydrogen-bond donors (Lipinski definition) is 1. The number of alkyl halides is 1. The van der Waals surface area contributed by atoms with Crippen LogP contribution in [0.15, 0.2) is 18.2 Å². The zero-order valence-corrected chi connectivity index (χ0v) is 12.1. The predicted molar refractivity (Wildman–Crippen MR) is 74.4 cm³/mol. The minimum absolute atomic E-state index is 0.0530. The molecule has 0 aromatic heterocycles. The summed E-state index contributed by atoms with van der Waals surface area (Å²) >= 11 is 6.09. The molecular formula is C14H19ClFNO2. The van der Waals surface area contributed by atoms with Crippen molar-refractivity contribution in [2.24, 2.45) is 5.92 Å². The van der Waals surface area contributed by atoms with Gasteiger partial charge in [-0.2, -0.15) is 0 Å². The second-order valence-electron chi connectivity index (χ2n) is 4.79. The van der Waals surface area contributed by atoms with Gasteiger partial charge in [-0.25, -0.2) is 4.39 Å². The zero-order valence-electron chi connectivity index (χ0n) is 11.4. The van der Waals surface area contributed by atoms with Gasteiger partial charge in [-0.3, -0.25) is 4.79 Å². The van der Waals surface area contributed by atoms with Crippen molar-refractivity contribution in [1.82, 2.24) is 5.32 Å². The van der Waals surface area contributed by atoms with Crippen molar-refractivity contribution in [2.75, 3.05) is 13.7 Å². The highest BCUT2D eigenvalue weighted by Gasteiger charge is 2.12. The van der Waals surface area contributed by atoms with Crippen LogP contribution in [0.1, 0.15) is 30.6 Å². The Kier molecular flexibility index (Phi) is 6.09. The van der Waals surface area contributed by atoms with E-state index in [2.05, 4.69) is 19.2 Å². The number of hydrogen-bond acceptors (Lipinski definition) is 2. The lowest BCUT2D eigenvalue weighted by atomic mass is 10.1. The molecule has 1 rings (SSSR count). The maximum atomic E-state index is 13.2. The second-order valence-corrected chi connectivity index (χ2v) is 5.40. The molecule has 0 aliphatic carbocycles. The lowest BCUT2D eigenvalue weighted by Gasteiger charge is -2.13. The number of benzene rings is 1. The fraction of sp³-hybridized carbons (Fsp3) is 0.500. The summed E-state index contributed by atoms with van der Waals surface area (Å²) in [5, 5.41) is 2.62. The summed E-state index contributed by atoms with van der Waals surface area (Å²) in [6.07, 6.45) is 0.828. The van der Waals surface area contributed by atoms with Crippen LogP contribution < -0.4 is 10.1 Å². The molecule has 0 saturated heterocycles. The molecule has 0 radical (unpaired) electrons. The van der Waals surface area contributed by atoms with Crippen LogP contribution in [0.25, 0.3) is 0 Å². The van der Waals surface area contributed by atoms with E-state index in [9.17, 15) is 9.18 Å². The first kappa shape index (κ1) is 15.8. The van der Waals surface area contributed by atoms with Crippen molar-refractivity contribution in [3.05, 3.63) is 29.6 Å². The number of halogens is 2. The molecule has 0 fully saturated rings. The van der Waals surface area contributed by atoms with Gasteiger partial charge in [0.25, 0.3) is 5.91 Å². The molecular weight excluding hydrogens is 269 g/mol. The summed E-state index contributed by atoms with van der Waals surface area (Å²) in [7, 11) is 1.36. The number of nitrogens with one attached hydrogen (secondary N) is 1. The number of ether oxygens (including phenoxy) is 1. The van der Waals surface area contributed by atoms with Crippen molar-refractivity contribution in [3.8, 4) is 5.75 Å². The standard InChI is InChI=1S/C14H19ClFNO2/c1-9(2)6-11(15)8-17-14(18)10-4-5-12(16)13(7-10)19-3/h4-5,7,9,11H,6,8H2,1-3H3,(H,17,18). The molecule has 1 aromatic carbocycles. The van der Waals surface area contributed by atoms with E-state index in [4.69, 9.17) is 16.3 Å². The number of methoxy groups -OCH3 is 1. The first-order valence-corrected chi connectivity index (χ1v) is 6.63. The van der Waals surface area contributed by atoms with Gasteiger partial charge in [-0.05, 0) is 30.5 Å². The Morgan fingerprint density at radius 2 is 2.16 bits per heavy atom. The molecule has 1 atom stereocenters. The molecule has 1 amide bonds. The summed E-state index contributed by atoms with van der Waals surface area (Å²) in [6.45, 7) is 4.53. The smallest absolute Gasteiger partial charge is 0.251 e. The maximum absolute atomic E-state index is 13.2. The molecule has 0 heterocycles. The van der Waals surface area contributed by atoms with E-state index in [1.165, 1.54) is 25.3 Å². The molecule has 1 unspecified atom stereocenters. The topological polar surface area (TPSA) is 38.3 Å². The molecule has 0 saturated carbocycles. The van der Waals surface area contributed by atoms with Crippen LogP contribution in [-0.2, 0) is 0 Å². The van der Waals surface area contributed by atoms with Crippen molar-refractivity contribution in [1.29, 1.82) is 0 Å². The highest BCUT2D eigenvalue weighted by atomic mass is 35.5. The van der Waals surface area contributed by atoms with E-state index in [1.54, 1.807) is 0 Å². The summed E-state index contributed by atoms with van der Waals surface area (Å²) < 4.78 is 18.0. The summed E-state index contributed by atoms with van der Waals surface area (Å²) in [4.78, 5) is 11.9. The lowest BCUT2D eigenvalue weighted by Crippen LogP contribution is -2.30. The molecule has 19 heavy (non-hydrogen) atoms. The predicted octanol–water partition coefficient (Wildman–Crippen LogP) is 3.22. The fourth-order valence-electron chi connectivity index (χ4n) is 1.70. The van der Waals surface area contributed by atoms with E-state index in [-0.39, 0.29) is 17.0 Å². The van der Waals surface area contributed by atoms with Crippen molar-refractivity contribution in [2.45, 2.75) is 25.6 Å². The summed E-state index contributed by atoms with van der Waals surface area (Å²) in [5.41, 5.74) is 0.353. The Morgan fingerprint density at radius 3 is 2.74 bits per heavy atom. The fourth-order valence-corrected chi connectivity index (χ4v) is 2.13. The Bertz CT molecular complexity index is 437. The number of carbonyl (C=O) groups excluding carboxylic acids is 1. The Balaban J connectivity index is 2.58. The van der Waals surface area contributed by atoms with Gasteiger partial charge in [0, 0.05) is 12.1 Å². The van der Waals surface area contributed by atoms with E-state index < -0.39 is 5.82 Å². The Hall–Kier alpha value is -1.29. The molecule has 3 nitrogen and oxygen atoms in total. The number of amides is 1. The van der Waals surface area contributed by atoms with Gasteiger partial charge in [0.2, 0.25) is 0 Å². The van der Waals surface area contributed by atoms with Crippen LogP contribution in [-0.4, -0.2) is 24.9 Å². The Morgan fingerprint density at radius 1 is 1.47 bits per heavy atom. The second kappa shape index (κ2) is 7.34. The molecule has 1 N–H and O–H groups in total. The normalized spacial score (nSPS) is 12.3. The summed E-state index contributed by atoms with van der Waals surface area (Å²) in [5.74, 6) is -0.246. The first-order valence-electron chi connectivity index (χ1n) is 6.19. The van der Waals surface area contributed by atoms with Crippen LogP contribution in [0.4, 0.5) is 4.39 Å². The van der Waals surface area contributed by atoms with Gasteiger partial charge in [-0.15, -0.1) is 11.6 Å². The highest BCUT2D eigenvalue weighted by molar-refractivity contribution is 6.20. The molecule has 106 valence electrons. The molecule has 0 spiro atoms. The third-order valence-corrected chi connectivity index (χ3v) is 2.96. The van der Waals surface area contributed by atoms with Crippen LogP contribution in [0.5, 0.6) is 5.75 Å². The van der Waals surface area contributed by atoms with E-state index in [0.29, 0.717) is 18.0 Å². The van der Waals surface area contributed by atoms with Crippen LogP contribution in [0, 0.1) is 11.7 Å². The van der Waals surface area contributed by atoms with Gasteiger partial charge in [0.1, 0.15) is 0 Å². The molecule has 5 heteroatoms. The van der Waals surface area contributed by atoms with E-state index >= 15 is 0 Å². The minimum atomic E-state index is -0.492. The Labute approximate surface area is 118 Å². The van der Waals surface area contributed by atoms with Crippen molar-refractivity contribution >= 4 is 17.5 Å². The third kappa shape index (κ3) is 5.07. The van der Waals surface area contributed by atoms with Crippen molar-refractivity contribution < 1.29 is 13.9 Å². The zero-order chi connectivity index (χ0) is 14.4. The monoisotopic (exact) mass is 287 g/mol. The molecule has 1 aromatic rings. The molecule has 0 aliphatic heterocycles. The first-order chi connectivity index (χ1) is 8.93. The lowest BCUT2D eigenvalue weighted by molar-refractivity contribution is 0.0952. The van der Waals surface area contributed by atoms with Crippen LogP contribution in [0.2, 0.25) is 0 Å². The van der Waals surface area contributed by atoms with E-state index in [1.807, 2.05) is 0 Å². The maximum Gasteiger partial charge on any atom is 0.251 e. The molecule has 0 aliphatic rings. The summed E-state index contributed by atoms with van der Waals surface area (Å²) in [6, 6.07) is 4.00. The largest absolute Gasteiger partial charge is 0.494 e. The van der Waals surface area contributed by atoms with E-state index in [0.717, 1.165) is 6.42 Å². The van der Waals surface area contributed by atoms with Crippen molar-refractivity contribution in [3.63, 3.8) is 0 Å². The third-order valence-electron chi connectivity index (χ3n) is 2.62. The van der Waals surface area contributed by atoms with Gasteiger partial charge >= 0.3 is 0 Å². The highest BCUT2D eigenvalue weighted by Crippen LogP contribution is 2.18. The van der Waals surface area contributed by atoms with Gasteiger partial charge < -0.3 is 10.1 Å². The minimum Gasteiger partial charge on any atom is -0.494 e. The number of carbonyl (C=O) groups is 1. The average Bonchev–Trinajstić information content (AvgIpc) is 2.35. The van der Waals surface area contributed by atoms with Gasteiger partial charge in [0.05, 0.1) is 12.5 Å². The number of rotatable bonds is 6. The molecule has 0 bridgehead atoms. The quantitative estimate of drug-likeness (QED) is 0.816. The van der Waals surface area contributed by atoms with Crippen LogP contribution >= 0.6 is 11.6 Å². The average molecular weight is 288 g/mol. The SMILES string of the molecule is COc1cc(C(=O)NCC(Cl)CC(C)C)ccc1F. The van der Waals surface area contributed by atoms with Gasteiger partial charge in [0.15, 0.2) is 11.6 Å². The van der Waals surface area contributed by atoms with Gasteiger partial charge in [-0.1, -0.05) is 13.8 Å². The van der Waals surface area contributed by atoms with Crippen LogP contribution in [0.3, 0.4) is 0 Å².